The number of hydrogen-bond acceptors (Lipinski definition) is 5. The lowest BCUT2D eigenvalue weighted by Crippen LogP contribution is -2.45. The molecule has 0 aliphatic carbocycles. The molecule has 0 amide bonds. The van der Waals surface area contributed by atoms with E-state index >= 15 is 0 Å². The van der Waals surface area contributed by atoms with E-state index in [4.69, 9.17) is 0 Å². The van der Waals surface area contributed by atoms with Crippen LogP contribution in [0, 0.1) is 5.92 Å². The quantitative estimate of drug-likeness (QED) is 0.750. The van der Waals surface area contributed by atoms with Crippen LogP contribution in [0.4, 0.5) is 0 Å². The summed E-state index contributed by atoms with van der Waals surface area (Å²) in [6.45, 7) is 5.28. The number of aromatic nitrogens is 4. The molecule has 0 spiro atoms. The van der Waals surface area contributed by atoms with Crippen LogP contribution in [-0.4, -0.2) is 64.0 Å². The molecule has 0 saturated carbocycles. The van der Waals surface area contributed by atoms with E-state index in [9.17, 15) is 8.42 Å². The molecule has 1 atom stereocenters. The lowest BCUT2D eigenvalue weighted by Gasteiger charge is -2.33. The van der Waals surface area contributed by atoms with Crippen LogP contribution in [0.3, 0.4) is 0 Å². The second kappa shape index (κ2) is 8.04. The molecule has 27 heavy (non-hydrogen) atoms. The fourth-order valence-corrected chi connectivity index (χ4v) is 4.73. The summed E-state index contributed by atoms with van der Waals surface area (Å²) >= 11 is 0. The third kappa shape index (κ3) is 4.36. The molecular weight excluding hydrogens is 364 g/mol. The van der Waals surface area contributed by atoms with Gasteiger partial charge >= 0.3 is 0 Å². The van der Waals surface area contributed by atoms with E-state index in [-0.39, 0.29) is 12.0 Å². The van der Waals surface area contributed by atoms with Crippen LogP contribution in [0.1, 0.15) is 38.4 Å². The molecule has 1 saturated heterocycles. The summed E-state index contributed by atoms with van der Waals surface area (Å²) in [4.78, 5) is 8.83. The molecule has 3 heterocycles. The first-order valence-electron chi connectivity index (χ1n) is 9.31. The van der Waals surface area contributed by atoms with Crippen molar-refractivity contribution in [3.8, 4) is 11.4 Å². The van der Waals surface area contributed by atoms with Gasteiger partial charge in [-0.2, -0.15) is 22.1 Å². The predicted molar refractivity (Wildman–Crippen MR) is 104 cm³/mol. The largest absolute Gasteiger partial charge is 0.281 e. The van der Waals surface area contributed by atoms with Crippen molar-refractivity contribution >= 4 is 10.2 Å². The Kier molecular flexibility index (Phi) is 5.92. The smallest absolute Gasteiger partial charge is 0.261 e. The van der Waals surface area contributed by atoms with Crippen LogP contribution < -0.4 is 0 Å². The van der Waals surface area contributed by atoms with Gasteiger partial charge < -0.3 is 0 Å². The molecule has 3 rings (SSSR count). The number of hydrogen-bond donors (Lipinski definition) is 0. The van der Waals surface area contributed by atoms with Crippen LogP contribution in [0.2, 0.25) is 0 Å². The van der Waals surface area contributed by atoms with E-state index in [1.165, 1.54) is 4.31 Å². The molecule has 2 aromatic heterocycles. The SMILES string of the molecule is CC(C)n1nccc1-c1cc(C[C@H]2CCCN(S(=O)(=O)N(C)C)C2)ncn1. The van der Waals surface area contributed by atoms with Gasteiger partial charge in [0.15, 0.2) is 0 Å². The first-order chi connectivity index (χ1) is 12.8. The monoisotopic (exact) mass is 392 g/mol. The van der Waals surface area contributed by atoms with Gasteiger partial charge in [0, 0.05) is 45.1 Å². The highest BCUT2D eigenvalue weighted by Crippen LogP contribution is 2.25. The summed E-state index contributed by atoms with van der Waals surface area (Å²) in [6.07, 6.45) is 5.98. The van der Waals surface area contributed by atoms with Crippen molar-refractivity contribution in [2.45, 2.75) is 39.2 Å². The molecule has 9 heteroatoms. The average Bonchev–Trinajstić information content (AvgIpc) is 3.12. The van der Waals surface area contributed by atoms with E-state index in [0.717, 1.165) is 36.3 Å². The summed E-state index contributed by atoms with van der Waals surface area (Å²) in [5, 5.41) is 4.37. The van der Waals surface area contributed by atoms with Gasteiger partial charge in [-0.15, -0.1) is 0 Å². The molecule has 1 aliphatic rings. The predicted octanol–water partition coefficient (Wildman–Crippen LogP) is 1.98. The Bertz CT molecular complexity index is 877. The van der Waals surface area contributed by atoms with Gasteiger partial charge in [-0.05, 0) is 51.2 Å². The van der Waals surface area contributed by atoms with Crippen molar-refractivity contribution in [2.75, 3.05) is 27.2 Å². The van der Waals surface area contributed by atoms with Crippen LogP contribution in [0.15, 0.2) is 24.7 Å². The molecule has 1 aliphatic heterocycles. The molecule has 2 aromatic rings. The van der Waals surface area contributed by atoms with E-state index in [1.807, 2.05) is 16.8 Å². The Hall–Kier alpha value is -1.84. The van der Waals surface area contributed by atoms with Crippen LogP contribution in [0.5, 0.6) is 0 Å². The zero-order valence-corrected chi connectivity index (χ0v) is 17.2. The van der Waals surface area contributed by atoms with E-state index in [0.29, 0.717) is 13.1 Å². The van der Waals surface area contributed by atoms with Crippen molar-refractivity contribution < 1.29 is 8.42 Å². The second-order valence-electron chi connectivity index (χ2n) is 7.51. The maximum atomic E-state index is 12.4. The molecule has 148 valence electrons. The van der Waals surface area contributed by atoms with Crippen LogP contribution in [0.25, 0.3) is 11.4 Å². The number of nitrogens with zero attached hydrogens (tertiary/aromatic N) is 6. The van der Waals surface area contributed by atoms with Gasteiger partial charge in [-0.1, -0.05) is 0 Å². The Morgan fingerprint density at radius 2 is 2.07 bits per heavy atom. The number of piperidine rings is 1. The summed E-state index contributed by atoms with van der Waals surface area (Å²) in [5.74, 6) is 0.256. The first kappa shape index (κ1) is 19.9. The maximum absolute atomic E-state index is 12.4. The minimum Gasteiger partial charge on any atom is -0.261 e. The molecule has 8 nitrogen and oxygen atoms in total. The highest BCUT2D eigenvalue weighted by atomic mass is 32.2. The van der Waals surface area contributed by atoms with Gasteiger partial charge in [0.2, 0.25) is 0 Å². The number of rotatable bonds is 6. The minimum atomic E-state index is -3.36. The summed E-state index contributed by atoms with van der Waals surface area (Å²) in [5.41, 5.74) is 2.75. The lowest BCUT2D eigenvalue weighted by atomic mass is 9.94. The molecule has 0 bridgehead atoms. The molecule has 0 unspecified atom stereocenters. The maximum Gasteiger partial charge on any atom is 0.281 e. The van der Waals surface area contributed by atoms with Gasteiger partial charge in [-0.25, -0.2) is 9.97 Å². The lowest BCUT2D eigenvalue weighted by molar-refractivity contribution is 0.253. The summed E-state index contributed by atoms with van der Waals surface area (Å²) < 4.78 is 29.6. The summed E-state index contributed by atoms with van der Waals surface area (Å²) in [6, 6.07) is 4.20. The van der Waals surface area contributed by atoms with Gasteiger partial charge in [0.05, 0.1) is 11.4 Å². The average molecular weight is 393 g/mol. The molecule has 0 N–H and O–H groups in total. The molecule has 0 radical (unpaired) electrons. The van der Waals surface area contributed by atoms with Crippen molar-refractivity contribution in [1.82, 2.24) is 28.4 Å². The molecular formula is C18H28N6O2S. The van der Waals surface area contributed by atoms with Crippen LogP contribution in [-0.2, 0) is 16.6 Å². The molecule has 0 aromatic carbocycles. The van der Waals surface area contributed by atoms with Crippen molar-refractivity contribution in [3.05, 3.63) is 30.4 Å². The molecule has 1 fully saturated rings. The minimum absolute atomic E-state index is 0.247. The van der Waals surface area contributed by atoms with Crippen molar-refractivity contribution in [1.29, 1.82) is 0 Å². The second-order valence-corrected chi connectivity index (χ2v) is 9.65. The third-order valence-electron chi connectivity index (χ3n) is 4.91. The van der Waals surface area contributed by atoms with Crippen molar-refractivity contribution in [3.63, 3.8) is 0 Å². The Morgan fingerprint density at radius 3 is 2.78 bits per heavy atom. The van der Waals surface area contributed by atoms with Gasteiger partial charge in [0.25, 0.3) is 10.2 Å². The third-order valence-corrected chi connectivity index (χ3v) is 6.82. The highest BCUT2D eigenvalue weighted by molar-refractivity contribution is 7.86. The van der Waals surface area contributed by atoms with Crippen molar-refractivity contribution in [2.24, 2.45) is 5.92 Å². The Labute approximate surface area is 161 Å². The Balaban J connectivity index is 1.76. The van der Waals surface area contributed by atoms with Crippen LogP contribution >= 0.6 is 0 Å². The summed E-state index contributed by atoms with van der Waals surface area (Å²) in [7, 11) is -0.208. The fraction of sp³-hybridized carbons (Fsp3) is 0.611. The Morgan fingerprint density at radius 1 is 1.30 bits per heavy atom. The zero-order chi connectivity index (χ0) is 19.6. The van der Waals surface area contributed by atoms with Gasteiger partial charge in [0.1, 0.15) is 6.33 Å². The first-order valence-corrected chi connectivity index (χ1v) is 10.7. The standard InChI is InChI=1S/C18H28N6O2S/c1-14(2)24-18(7-8-21-24)17-11-16(19-13-20-17)10-15-6-5-9-23(12-15)27(25,26)22(3)4/h7-8,11,13-15H,5-6,9-10,12H2,1-4H3/t15-/m1/s1. The normalized spacial score (nSPS) is 19.1. The topological polar surface area (TPSA) is 84.2 Å². The highest BCUT2D eigenvalue weighted by Gasteiger charge is 2.30. The van der Waals surface area contributed by atoms with E-state index in [1.54, 1.807) is 30.9 Å². The van der Waals surface area contributed by atoms with E-state index in [2.05, 4.69) is 28.9 Å². The van der Waals surface area contributed by atoms with E-state index < -0.39 is 10.2 Å². The zero-order valence-electron chi connectivity index (χ0n) is 16.4. The van der Waals surface area contributed by atoms with Gasteiger partial charge in [-0.3, -0.25) is 4.68 Å². The fourth-order valence-electron chi connectivity index (χ4n) is 3.51.